The monoisotopic (exact) mass is 240 g/mol. The van der Waals surface area contributed by atoms with E-state index >= 15 is 0 Å². The lowest BCUT2D eigenvalue weighted by atomic mass is 10.5. The van der Waals surface area contributed by atoms with Crippen LogP contribution in [0.2, 0.25) is 0 Å². The van der Waals surface area contributed by atoms with E-state index in [4.69, 9.17) is 4.74 Å². The first-order valence-corrected chi connectivity index (χ1v) is 5.19. The zero-order valence-electron chi connectivity index (χ0n) is 9.87. The minimum Gasteiger partial charge on any atom is -0.383 e. The van der Waals surface area contributed by atoms with E-state index in [2.05, 4.69) is 20.6 Å². The molecule has 0 aromatic carbocycles. The number of nitrogens with one attached hydrogen (secondary N) is 3. The van der Waals surface area contributed by atoms with Crippen LogP contribution in [0.15, 0.2) is 10.9 Å². The van der Waals surface area contributed by atoms with E-state index < -0.39 is 0 Å². The molecule has 0 atom stereocenters. The van der Waals surface area contributed by atoms with Gasteiger partial charge in [-0.3, -0.25) is 9.59 Å². The fraction of sp³-hybridized carbons (Fsp3) is 0.500. The minimum absolute atomic E-state index is 0.0691. The molecule has 0 bridgehead atoms. The summed E-state index contributed by atoms with van der Waals surface area (Å²) in [6.07, 6.45) is 0. The molecule has 0 aliphatic rings. The maximum absolute atomic E-state index is 11.3. The number of carbonyl (C=O) groups excluding carboxylic acids is 1. The second kappa shape index (κ2) is 6.64. The van der Waals surface area contributed by atoms with Crippen molar-refractivity contribution in [3.05, 3.63) is 22.2 Å². The number of ether oxygens (including phenoxy) is 1. The number of H-pyrrole nitrogens is 1. The van der Waals surface area contributed by atoms with Gasteiger partial charge in [0, 0.05) is 19.7 Å². The van der Waals surface area contributed by atoms with Gasteiger partial charge in [0.15, 0.2) is 0 Å². The van der Waals surface area contributed by atoms with Crippen LogP contribution >= 0.6 is 0 Å². The molecule has 1 rings (SSSR count). The highest BCUT2D eigenvalue weighted by molar-refractivity contribution is 5.80. The average Bonchev–Trinajstić information content (AvgIpc) is 2.25. The largest absolute Gasteiger partial charge is 0.383 e. The van der Waals surface area contributed by atoms with Crippen molar-refractivity contribution in [2.45, 2.75) is 6.92 Å². The molecular weight excluding hydrogens is 224 g/mol. The molecule has 0 spiro atoms. The summed E-state index contributed by atoms with van der Waals surface area (Å²) in [5, 5.41) is 5.41. The number of aromatic nitrogens is 2. The van der Waals surface area contributed by atoms with Crippen molar-refractivity contribution in [2.24, 2.45) is 0 Å². The van der Waals surface area contributed by atoms with Crippen molar-refractivity contribution in [3.63, 3.8) is 0 Å². The number of carbonyl (C=O) groups is 1. The summed E-state index contributed by atoms with van der Waals surface area (Å²) < 4.78 is 4.79. The summed E-state index contributed by atoms with van der Waals surface area (Å²) in [6.45, 7) is 2.66. The number of hydrogen-bond donors (Lipinski definition) is 3. The van der Waals surface area contributed by atoms with Crippen molar-refractivity contribution >= 4 is 11.7 Å². The molecule has 94 valence electrons. The molecule has 7 nitrogen and oxygen atoms in total. The molecule has 3 N–H and O–H groups in total. The van der Waals surface area contributed by atoms with Crippen LogP contribution in [0, 0.1) is 6.92 Å². The first-order chi connectivity index (χ1) is 8.11. The average molecular weight is 240 g/mol. The summed E-state index contributed by atoms with van der Waals surface area (Å²) in [7, 11) is 1.56. The highest BCUT2D eigenvalue weighted by Crippen LogP contribution is 1.96. The predicted octanol–water partition coefficient (Wildman–Crippen LogP) is -0.747. The molecule has 17 heavy (non-hydrogen) atoms. The van der Waals surface area contributed by atoms with Gasteiger partial charge in [-0.2, -0.15) is 0 Å². The normalized spacial score (nSPS) is 10.0. The highest BCUT2D eigenvalue weighted by atomic mass is 16.5. The van der Waals surface area contributed by atoms with E-state index in [9.17, 15) is 9.59 Å². The van der Waals surface area contributed by atoms with E-state index in [1.807, 2.05) is 0 Å². The summed E-state index contributed by atoms with van der Waals surface area (Å²) in [4.78, 5) is 29.0. The second-order valence-corrected chi connectivity index (χ2v) is 3.41. The first kappa shape index (κ1) is 13.2. The van der Waals surface area contributed by atoms with Crippen molar-refractivity contribution in [1.82, 2.24) is 15.3 Å². The van der Waals surface area contributed by atoms with E-state index in [1.165, 1.54) is 6.07 Å². The Morgan fingerprint density at radius 3 is 3.00 bits per heavy atom. The molecule has 0 saturated carbocycles. The lowest BCUT2D eigenvalue weighted by molar-refractivity contribution is -0.119. The van der Waals surface area contributed by atoms with Gasteiger partial charge in [-0.05, 0) is 6.92 Å². The molecule has 0 fully saturated rings. The zero-order chi connectivity index (χ0) is 12.7. The number of methoxy groups -OCH3 is 1. The van der Waals surface area contributed by atoms with Crippen LogP contribution < -0.4 is 16.2 Å². The third kappa shape index (κ3) is 5.12. The van der Waals surface area contributed by atoms with Crippen molar-refractivity contribution in [1.29, 1.82) is 0 Å². The second-order valence-electron chi connectivity index (χ2n) is 3.41. The quantitative estimate of drug-likeness (QED) is 0.569. The zero-order valence-corrected chi connectivity index (χ0v) is 9.87. The Morgan fingerprint density at radius 2 is 2.35 bits per heavy atom. The third-order valence-electron chi connectivity index (χ3n) is 1.92. The molecule has 0 radical (unpaired) electrons. The van der Waals surface area contributed by atoms with Crippen molar-refractivity contribution < 1.29 is 9.53 Å². The van der Waals surface area contributed by atoms with Gasteiger partial charge in [0.2, 0.25) is 5.91 Å². The molecular formula is C10H16N4O3. The maximum atomic E-state index is 11.3. The minimum atomic E-state index is -0.250. The number of nitrogens with zero attached hydrogens (tertiary/aromatic N) is 1. The molecule has 7 heteroatoms. The molecule has 0 aliphatic carbocycles. The molecule has 1 amide bonds. The highest BCUT2D eigenvalue weighted by Gasteiger charge is 2.02. The van der Waals surface area contributed by atoms with E-state index in [0.717, 1.165) is 0 Å². The topological polar surface area (TPSA) is 96.1 Å². The van der Waals surface area contributed by atoms with Gasteiger partial charge < -0.3 is 20.4 Å². The number of rotatable bonds is 6. The number of amides is 1. The van der Waals surface area contributed by atoms with Gasteiger partial charge in [0.05, 0.1) is 13.2 Å². The first-order valence-electron chi connectivity index (χ1n) is 5.19. The molecule has 0 aliphatic heterocycles. The van der Waals surface area contributed by atoms with E-state index in [-0.39, 0.29) is 18.0 Å². The fourth-order valence-electron chi connectivity index (χ4n) is 1.20. The van der Waals surface area contributed by atoms with Gasteiger partial charge in [-0.15, -0.1) is 0 Å². The SMILES string of the molecule is COCCNC(=O)CNc1cc(=O)[nH]c(C)n1. The molecule has 1 aromatic heterocycles. The predicted molar refractivity (Wildman–Crippen MR) is 63.0 cm³/mol. The Hall–Kier alpha value is -1.89. The van der Waals surface area contributed by atoms with E-state index in [1.54, 1.807) is 14.0 Å². The Kier molecular flexibility index (Phi) is 5.15. The van der Waals surface area contributed by atoms with Crippen LogP contribution in [0.25, 0.3) is 0 Å². The maximum Gasteiger partial charge on any atom is 0.252 e. The Balaban J connectivity index is 2.39. The Morgan fingerprint density at radius 1 is 1.59 bits per heavy atom. The van der Waals surface area contributed by atoms with Gasteiger partial charge in [-0.25, -0.2) is 4.98 Å². The van der Waals surface area contributed by atoms with Crippen LogP contribution in [-0.4, -0.2) is 42.7 Å². The van der Waals surface area contributed by atoms with Crippen molar-refractivity contribution in [3.8, 4) is 0 Å². The standard InChI is InChI=1S/C10H16N4O3/c1-7-13-8(5-9(15)14-7)12-6-10(16)11-3-4-17-2/h5H,3-4,6H2,1-2H3,(H,11,16)(H2,12,13,14,15). The summed E-state index contributed by atoms with van der Waals surface area (Å²) in [5.74, 6) is 0.703. The van der Waals surface area contributed by atoms with Crippen molar-refractivity contribution in [2.75, 3.05) is 32.1 Å². The van der Waals surface area contributed by atoms with E-state index in [0.29, 0.717) is 24.8 Å². The Labute approximate surface area is 98.6 Å². The van der Waals surface area contributed by atoms with Gasteiger partial charge >= 0.3 is 0 Å². The number of aryl methyl sites for hydroxylation is 1. The van der Waals surface area contributed by atoms with Gasteiger partial charge in [-0.1, -0.05) is 0 Å². The fourth-order valence-corrected chi connectivity index (χ4v) is 1.20. The lowest BCUT2D eigenvalue weighted by Crippen LogP contribution is -2.32. The van der Waals surface area contributed by atoms with Crippen LogP contribution in [0.4, 0.5) is 5.82 Å². The van der Waals surface area contributed by atoms with Crippen LogP contribution in [0.5, 0.6) is 0 Å². The number of anilines is 1. The van der Waals surface area contributed by atoms with Gasteiger partial charge in [0.1, 0.15) is 11.6 Å². The summed E-state index contributed by atoms with van der Waals surface area (Å²) in [6, 6.07) is 1.30. The number of hydrogen-bond acceptors (Lipinski definition) is 5. The van der Waals surface area contributed by atoms with Crippen LogP contribution in [0.1, 0.15) is 5.82 Å². The number of aromatic amines is 1. The van der Waals surface area contributed by atoms with Crippen LogP contribution in [0.3, 0.4) is 0 Å². The lowest BCUT2D eigenvalue weighted by Gasteiger charge is -2.06. The van der Waals surface area contributed by atoms with Crippen LogP contribution in [-0.2, 0) is 9.53 Å². The third-order valence-corrected chi connectivity index (χ3v) is 1.92. The molecule has 1 heterocycles. The smallest absolute Gasteiger partial charge is 0.252 e. The molecule has 0 unspecified atom stereocenters. The molecule has 0 saturated heterocycles. The summed E-state index contributed by atoms with van der Waals surface area (Å²) >= 11 is 0. The molecule has 1 aromatic rings. The summed E-state index contributed by atoms with van der Waals surface area (Å²) in [5.41, 5.74) is -0.250. The van der Waals surface area contributed by atoms with Gasteiger partial charge in [0.25, 0.3) is 5.56 Å². The Bertz CT molecular complexity index is 430.